The summed E-state index contributed by atoms with van der Waals surface area (Å²) >= 11 is 0. The molecule has 1 unspecified atom stereocenters. The van der Waals surface area contributed by atoms with Crippen LogP contribution in [0.25, 0.3) is 0 Å². The zero-order valence-corrected chi connectivity index (χ0v) is 15.9. The number of amides is 1. The number of aliphatic hydroxyl groups excluding tert-OH is 1. The monoisotopic (exact) mass is 381 g/mol. The van der Waals surface area contributed by atoms with Crippen LogP contribution in [0.5, 0.6) is 0 Å². The zero-order valence-electron chi connectivity index (χ0n) is 15.9. The highest BCUT2D eigenvalue weighted by Gasteiger charge is 2.28. The maximum atomic E-state index is 12.4. The Labute approximate surface area is 166 Å². The van der Waals surface area contributed by atoms with Crippen molar-refractivity contribution in [3.63, 3.8) is 0 Å². The van der Waals surface area contributed by atoms with Gasteiger partial charge in [-0.1, -0.05) is 72.8 Å². The van der Waals surface area contributed by atoms with Crippen LogP contribution in [0.2, 0.25) is 0 Å². The lowest BCUT2D eigenvalue weighted by Gasteiger charge is -2.22. The lowest BCUT2D eigenvalue weighted by molar-refractivity contribution is 0.0499. The molecule has 1 heterocycles. The van der Waals surface area contributed by atoms with Gasteiger partial charge in [0.15, 0.2) is 0 Å². The van der Waals surface area contributed by atoms with Gasteiger partial charge in [0, 0.05) is 6.54 Å². The van der Waals surface area contributed by atoms with Crippen molar-refractivity contribution < 1.29 is 19.4 Å². The molecule has 1 saturated heterocycles. The Hall–Kier alpha value is -2.63. The Morgan fingerprint density at radius 2 is 1.71 bits per heavy atom. The Morgan fingerprint density at radius 1 is 1.07 bits per heavy atom. The molecular weight excluding hydrogens is 354 g/mol. The second kappa shape index (κ2) is 10.6. The highest BCUT2D eigenvalue weighted by molar-refractivity contribution is 5.68. The number of nitrogens with zero attached hydrogens (tertiary/aromatic N) is 1. The highest BCUT2D eigenvalue weighted by atomic mass is 16.6. The standard InChI is InChI=1S/C23H27NO4/c25-22(18-27-16-19-8-3-1-4-9-19)14-13-21-12-7-15-24(21)23(26)28-17-20-10-5-2-6-11-20/h1-6,8-11,13-14,21-22,25H,7,12,15-18H2/b14-13+/t21-,22?/m0/s1. The maximum Gasteiger partial charge on any atom is 0.410 e. The quantitative estimate of drug-likeness (QED) is 0.704. The molecule has 1 amide bonds. The minimum absolute atomic E-state index is 0.0490. The van der Waals surface area contributed by atoms with Crippen LogP contribution in [0.15, 0.2) is 72.8 Å². The third-order valence-corrected chi connectivity index (χ3v) is 4.69. The van der Waals surface area contributed by atoms with Gasteiger partial charge >= 0.3 is 6.09 Å². The van der Waals surface area contributed by atoms with Crippen molar-refractivity contribution in [3.8, 4) is 0 Å². The summed E-state index contributed by atoms with van der Waals surface area (Å²) in [6.45, 7) is 1.62. The summed E-state index contributed by atoms with van der Waals surface area (Å²) in [7, 11) is 0. The number of aliphatic hydroxyl groups is 1. The number of rotatable bonds is 8. The summed E-state index contributed by atoms with van der Waals surface area (Å²) in [6, 6.07) is 19.4. The molecule has 1 aliphatic heterocycles. The van der Waals surface area contributed by atoms with E-state index in [1.54, 1.807) is 11.0 Å². The summed E-state index contributed by atoms with van der Waals surface area (Å²) in [4.78, 5) is 14.1. The van der Waals surface area contributed by atoms with Crippen molar-refractivity contribution in [3.05, 3.63) is 83.9 Å². The van der Waals surface area contributed by atoms with Gasteiger partial charge in [0.05, 0.1) is 25.4 Å². The topological polar surface area (TPSA) is 59.0 Å². The lowest BCUT2D eigenvalue weighted by Crippen LogP contribution is -2.35. The molecule has 1 aliphatic rings. The van der Waals surface area contributed by atoms with E-state index in [1.807, 2.05) is 66.7 Å². The molecule has 5 heteroatoms. The van der Waals surface area contributed by atoms with E-state index >= 15 is 0 Å². The molecule has 0 spiro atoms. The number of carbonyl (C=O) groups excluding carboxylic acids is 1. The first-order valence-electron chi connectivity index (χ1n) is 9.68. The SMILES string of the molecule is O=C(OCc1ccccc1)N1CCC[C@H]1/C=C/C(O)COCc1ccccc1. The van der Waals surface area contributed by atoms with E-state index in [0.717, 1.165) is 24.0 Å². The van der Waals surface area contributed by atoms with E-state index in [2.05, 4.69) is 0 Å². The Bertz CT molecular complexity index is 748. The number of benzene rings is 2. The van der Waals surface area contributed by atoms with Crippen molar-refractivity contribution in [2.75, 3.05) is 13.2 Å². The van der Waals surface area contributed by atoms with Gasteiger partial charge in [0.2, 0.25) is 0 Å². The maximum absolute atomic E-state index is 12.4. The Kier molecular flexibility index (Phi) is 7.64. The Morgan fingerprint density at radius 3 is 2.39 bits per heavy atom. The van der Waals surface area contributed by atoms with E-state index in [9.17, 15) is 9.90 Å². The van der Waals surface area contributed by atoms with Gasteiger partial charge < -0.3 is 19.5 Å². The molecule has 5 nitrogen and oxygen atoms in total. The van der Waals surface area contributed by atoms with Crippen LogP contribution in [0.4, 0.5) is 4.79 Å². The van der Waals surface area contributed by atoms with Crippen LogP contribution in [0.3, 0.4) is 0 Å². The van der Waals surface area contributed by atoms with E-state index in [4.69, 9.17) is 9.47 Å². The van der Waals surface area contributed by atoms with Gasteiger partial charge in [-0.15, -0.1) is 0 Å². The van der Waals surface area contributed by atoms with Gasteiger partial charge in [-0.25, -0.2) is 4.79 Å². The molecule has 0 saturated carbocycles. The third-order valence-electron chi connectivity index (χ3n) is 4.69. The van der Waals surface area contributed by atoms with Gasteiger partial charge in [0.1, 0.15) is 6.61 Å². The number of likely N-dealkylation sites (tertiary alicyclic amines) is 1. The van der Waals surface area contributed by atoms with Crippen LogP contribution in [-0.2, 0) is 22.7 Å². The summed E-state index contributed by atoms with van der Waals surface area (Å²) < 4.78 is 11.0. The van der Waals surface area contributed by atoms with E-state index in [-0.39, 0.29) is 25.3 Å². The molecule has 2 aromatic rings. The first-order chi connectivity index (χ1) is 13.7. The smallest absolute Gasteiger partial charge is 0.410 e. The minimum atomic E-state index is -0.702. The van der Waals surface area contributed by atoms with E-state index in [1.165, 1.54) is 0 Å². The summed E-state index contributed by atoms with van der Waals surface area (Å²) in [5.74, 6) is 0. The van der Waals surface area contributed by atoms with Crippen LogP contribution in [0.1, 0.15) is 24.0 Å². The number of carbonyl (C=O) groups is 1. The second-order valence-electron chi connectivity index (χ2n) is 6.90. The Balaban J connectivity index is 1.42. The zero-order chi connectivity index (χ0) is 19.6. The summed E-state index contributed by atoms with van der Waals surface area (Å²) in [5, 5.41) is 10.1. The molecule has 0 aromatic heterocycles. The van der Waals surface area contributed by atoms with E-state index in [0.29, 0.717) is 13.2 Å². The molecular formula is C23H27NO4. The number of ether oxygens (including phenoxy) is 2. The molecule has 2 aromatic carbocycles. The average Bonchev–Trinajstić information content (AvgIpc) is 3.21. The molecule has 0 aliphatic carbocycles. The molecule has 0 bridgehead atoms. The van der Waals surface area contributed by atoms with Crippen LogP contribution in [0, 0.1) is 0 Å². The van der Waals surface area contributed by atoms with Crippen molar-refractivity contribution in [2.24, 2.45) is 0 Å². The van der Waals surface area contributed by atoms with Gasteiger partial charge in [-0.3, -0.25) is 0 Å². The highest BCUT2D eigenvalue weighted by Crippen LogP contribution is 2.20. The molecule has 3 rings (SSSR count). The molecule has 148 valence electrons. The lowest BCUT2D eigenvalue weighted by atomic mass is 10.2. The number of hydrogen-bond donors (Lipinski definition) is 1. The van der Waals surface area contributed by atoms with E-state index < -0.39 is 6.10 Å². The molecule has 1 N–H and O–H groups in total. The van der Waals surface area contributed by atoms with Crippen molar-refractivity contribution in [2.45, 2.75) is 38.2 Å². The third kappa shape index (κ3) is 6.22. The fraction of sp³-hybridized carbons (Fsp3) is 0.348. The fourth-order valence-electron chi connectivity index (χ4n) is 3.21. The van der Waals surface area contributed by atoms with Gasteiger partial charge in [-0.05, 0) is 24.0 Å². The van der Waals surface area contributed by atoms with Crippen LogP contribution in [-0.4, -0.2) is 41.4 Å². The number of hydrogen-bond acceptors (Lipinski definition) is 4. The van der Waals surface area contributed by atoms with Crippen molar-refractivity contribution in [1.29, 1.82) is 0 Å². The van der Waals surface area contributed by atoms with Gasteiger partial charge in [0.25, 0.3) is 0 Å². The van der Waals surface area contributed by atoms with Crippen molar-refractivity contribution in [1.82, 2.24) is 4.90 Å². The summed E-state index contributed by atoms with van der Waals surface area (Å²) in [6.07, 6.45) is 4.37. The average molecular weight is 381 g/mol. The minimum Gasteiger partial charge on any atom is -0.445 e. The largest absolute Gasteiger partial charge is 0.445 e. The predicted octanol–water partition coefficient (Wildman–Crippen LogP) is 3.92. The molecule has 28 heavy (non-hydrogen) atoms. The predicted molar refractivity (Wildman–Crippen MR) is 108 cm³/mol. The first kappa shape index (κ1) is 20.1. The van der Waals surface area contributed by atoms with Crippen LogP contribution >= 0.6 is 0 Å². The summed E-state index contributed by atoms with van der Waals surface area (Å²) in [5.41, 5.74) is 2.04. The first-order valence-corrected chi connectivity index (χ1v) is 9.68. The molecule has 2 atom stereocenters. The van der Waals surface area contributed by atoms with Gasteiger partial charge in [-0.2, -0.15) is 0 Å². The normalized spacial score (nSPS) is 17.8. The molecule has 1 fully saturated rings. The second-order valence-corrected chi connectivity index (χ2v) is 6.90. The van der Waals surface area contributed by atoms with Crippen molar-refractivity contribution >= 4 is 6.09 Å². The fourth-order valence-corrected chi connectivity index (χ4v) is 3.21. The van der Waals surface area contributed by atoms with Crippen LogP contribution < -0.4 is 0 Å². The molecule has 0 radical (unpaired) electrons.